The monoisotopic (exact) mass is 274 g/mol. The SMILES string of the molecule is NCCC1(CNS(=O)(=O)CC2CCCCC2)CC1. The molecule has 0 saturated heterocycles. The zero-order chi connectivity index (χ0) is 13.1. The topological polar surface area (TPSA) is 72.2 Å². The van der Waals surface area contributed by atoms with Crippen molar-refractivity contribution in [2.45, 2.75) is 51.4 Å². The second-order valence-corrected chi connectivity index (χ2v) is 8.00. The van der Waals surface area contributed by atoms with Crippen LogP contribution in [0.15, 0.2) is 0 Å². The molecule has 5 heteroatoms. The van der Waals surface area contributed by atoms with Crippen LogP contribution in [0, 0.1) is 11.3 Å². The summed E-state index contributed by atoms with van der Waals surface area (Å²) < 4.78 is 26.9. The van der Waals surface area contributed by atoms with Crippen LogP contribution in [0.2, 0.25) is 0 Å². The normalized spacial score (nSPS) is 24.1. The van der Waals surface area contributed by atoms with E-state index in [-0.39, 0.29) is 5.41 Å². The molecule has 0 radical (unpaired) electrons. The Labute approximate surface area is 111 Å². The molecule has 0 amide bonds. The molecule has 0 aromatic carbocycles. The van der Waals surface area contributed by atoms with Crippen LogP contribution in [0.3, 0.4) is 0 Å². The molecule has 18 heavy (non-hydrogen) atoms. The fraction of sp³-hybridized carbons (Fsp3) is 1.00. The zero-order valence-corrected chi connectivity index (χ0v) is 12.0. The molecule has 0 atom stereocenters. The molecule has 2 aliphatic rings. The predicted octanol–water partition coefficient (Wildman–Crippen LogP) is 1.62. The van der Waals surface area contributed by atoms with Crippen LogP contribution in [-0.4, -0.2) is 27.3 Å². The summed E-state index contributed by atoms with van der Waals surface area (Å²) >= 11 is 0. The van der Waals surface area contributed by atoms with Gasteiger partial charge in [-0.3, -0.25) is 0 Å². The Morgan fingerprint density at radius 3 is 2.39 bits per heavy atom. The van der Waals surface area contributed by atoms with Crippen molar-refractivity contribution in [1.29, 1.82) is 0 Å². The lowest BCUT2D eigenvalue weighted by atomic mass is 9.91. The minimum absolute atomic E-state index is 0.189. The van der Waals surface area contributed by atoms with Crippen LogP contribution in [0.5, 0.6) is 0 Å². The van der Waals surface area contributed by atoms with E-state index in [1.165, 1.54) is 19.3 Å². The van der Waals surface area contributed by atoms with Crippen LogP contribution in [-0.2, 0) is 10.0 Å². The third-order valence-corrected chi connectivity index (χ3v) is 5.97. The fourth-order valence-electron chi connectivity index (χ4n) is 2.98. The summed E-state index contributed by atoms with van der Waals surface area (Å²) in [7, 11) is -3.08. The van der Waals surface area contributed by atoms with Gasteiger partial charge in [-0.15, -0.1) is 0 Å². The number of hydrogen-bond donors (Lipinski definition) is 2. The van der Waals surface area contributed by atoms with Gasteiger partial charge in [0.2, 0.25) is 10.0 Å². The van der Waals surface area contributed by atoms with Crippen molar-refractivity contribution in [1.82, 2.24) is 4.72 Å². The highest BCUT2D eigenvalue weighted by Crippen LogP contribution is 2.47. The van der Waals surface area contributed by atoms with Gasteiger partial charge in [0.25, 0.3) is 0 Å². The Bertz CT molecular complexity index is 357. The molecule has 0 aromatic rings. The molecule has 2 fully saturated rings. The number of nitrogens with two attached hydrogens (primary N) is 1. The van der Waals surface area contributed by atoms with Crippen molar-refractivity contribution in [3.8, 4) is 0 Å². The fourth-order valence-corrected chi connectivity index (χ4v) is 4.58. The summed E-state index contributed by atoms with van der Waals surface area (Å²) in [5.74, 6) is 0.701. The van der Waals surface area contributed by atoms with E-state index >= 15 is 0 Å². The van der Waals surface area contributed by atoms with E-state index in [9.17, 15) is 8.42 Å². The van der Waals surface area contributed by atoms with Gasteiger partial charge in [0.15, 0.2) is 0 Å². The highest BCUT2D eigenvalue weighted by atomic mass is 32.2. The summed E-state index contributed by atoms with van der Waals surface area (Å²) in [6.45, 7) is 1.25. The quantitative estimate of drug-likeness (QED) is 0.741. The van der Waals surface area contributed by atoms with Crippen molar-refractivity contribution in [2.75, 3.05) is 18.8 Å². The Morgan fingerprint density at radius 2 is 1.83 bits per heavy atom. The van der Waals surface area contributed by atoms with Crippen molar-refractivity contribution in [3.63, 3.8) is 0 Å². The average Bonchev–Trinajstić information content (AvgIpc) is 3.09. The first-order chi connectivity index (χ1) is 8.55. The molecule has 0 heterocycles. The highest BCUT2D eigenvalue weighted by Gasteiger charge is 2.42. The number of hydrogen-bond acceptors (Lipinski definition) is 3. The summed E-state index contributed by atoms with van der Waals surface area (Å²) in [6.07, 6.45) is 8.99. The lowest BCUT2D eigenvalue weighted by Crippen LogP contribution is -2.35. The Kier molecular flexibility index (Phi) is 4.67. The van der Waals surface area contributed by atoms with E-state index in [2.05, 4.69) is 4.72 Å². The van der Waals surface area contributed by atoms with E-state index in [0.29, 0.717) is 24.8 Å². The molecule has 0 aliphatic heterocycles. The molecule has 106 valence electrons. The maximum Gasteiger partial charge on any atom is 0.211 e. The maximum absolute atomic E-state index is 12.0. The van der Waals surface area contributed by atoms with E-state index in [1.807, 2.05) is 0 Å². The molecule has 0 unspecified atom stereocenters. The van der Waals surface area contributed by atoms with Crippen LogP contribution >= 0.6 is 0 Å². The van der Waals surface area contributed by atoms with Crippen LogP contribution in [0.25, 0.3) is 0 Å². The summed E-state index contributed by atoms with van der Waals surface area (Å²) in [4.78, 5) is 0. The lowest BCUT2D eigenvalue weighted by Gasteiger charge is -2.22. The van der Waals surface area contributed by atoms with Gasteiger partial charge in [-0.1, -0.05) is 19.3 Å². The van der Waals surface area contributed by atoms with Crippen LogP contribution < -0.4 is 10.5 Å². The van der Waals surface area contributed by atoms with Gasteiger partial charge in [-0.05, 0) is 50.0 Å². The minimum Gasteiger partial charge on any atom is -0.330 e. The molecule has 0 bridgehead atoms. The molecular formula is C13H26N2O2S. The molecule has 2 aliphatic carbocycles. The average molecular weight is 274 g/mol. The van der Waals surface area contributed by atoms with Gasteiger partial charge < -0.3 is 5.73 Å². The van der Waals surface area contributed by atoms with Gasteiger partial charge in [0.1, 0.15) is 0 Å². The molecule has 2 saturated carbocycles. The Morgan fingerprint density at radius 1 is 1.17 bits per heavy atom. The second-order valence-electron chi connectivity index (χ2n) is 6.15. The first-order valence-corrected chi connectivity index (χ1v) is 8.88. The number of nitrogens with one attached hydrogen (secondary N) is 1. The second kappa shape index (κ2) is 5.88. The third-order valence-electron chi connectivity index (χ3n) is 4.48. The van der Waals surface area contributed by atoms with E-state index in [1.54, 1.807) is 0 Å². The Hall–Kier alpha value is -0.130. The maximum atomic E-state index is 12.0. The van der Waals surface area contributed by atoms with Crippen molar-refractivity contribution in [3.05, 3.63) is 0 Å². The summed E-state index contributed by atoms with van der Waals surface area (Å²) in [5.41, 5.74) is 5.76. The standard InChI is InChI=1S/C13H26N2O2S/c14-9-8-13(6-7-13)11-15-18(16,17)10-12-4-2-1-3-5-12/h12,15H,1-11,14H2. The first kappa shape index (κ1) is 14.3. The van der Waals surface area contributed by atoms with Crippen molar-refractivity contribution in [2.24, 2.45) is 17.1 Å². The smallest absolute Gasteiger partial charge is 0.211 e. The van der Waals surface area contributed by atoms with E-state index in [0.717, 1.165) is 32.1 Å². The molecule has 3 N–H and O–H groups in total. The third kappa shape index (κ3) is 4.21. The molecule has 2 rings (SSSR count). The first-order valence-electron chi connectivity index (χ1n) is 7.23. The molecule has 0 aromatic heterocycles. The Balaban J connectivity index is 1.76. The minimum atomic E-state index is -3.08. The summed E-state index contributed by atoms with van der Waals surface area (Å²) in [6, 6.07) is 0. The molecule has 4 nitrogen and oxygen atoms in total. The van der Waals surface area contributed by atoms with Gasteiger partial charge in [0, 0.05) is 6.54 Å². The highest BCUT2D eigenvalue weighted by molar-refractivity contribution is 7.89. The zero-order valence-electron chi connectivity index (χ0n) is 11.2. The predicted molar refractivity (Wildman–Crippen MR) is 73.7 cm³/mol. The van der Waals surface area contributed by atoms with E-state index < -0.39 is 10.0 Å². The lowest BCUT2D eigenvalue weighted by molar-refractivity contribution is 0.382. The van der Waals surface area contributed by atoms with Gasteiger partial charge in [-0.2, -0.15) is 0 Å². The molecule has 0 spiro atoms. The van der Waals surface area contributed by atoms with Crippen LogP contribution in [0.4, 0.5) is 0 Å². The van der Waals surface area contributed by atoms with Gasteiger partial charge >= 0.3 is 0 Å². The van der Waals surface area contributed by atoms with Crippen molar-refractivity contribution < 1.29 is 8.42 Å². The number of sulfonamides is 1. The largest absolute Gasteiger partial charge is 0.330 e. The molecular weight excluding hydrogens is 248 g/mol. The van der Waals surface area contributed by atoms with E-state index in [4.69, 9.17) is 5.73 Å². The van der Waals surface area contributed by atoms with Crippen molar-refractivity contribution >= 4 is 10.0 Å². The number of rotatable bonds is 7. The summed E-state index contributed by atoms with van der Waals surface area (Å²) in [5, 5.41) is 0. The van der Waals surface area contributed by atoms with Gasteiger partial charge in [-0.25, -0.2) is 13.1 Å². The van der Waals surface area contributed by atoms with Gasteiger partial charge in [0.05, 0.1) is 5.75 Å². The van der Waals surface area contributed by atoms with Crippen LogP contribution in [0.1, 0.15) is 51.4 Å².